The lowest BCUT2D eigenvalue weighted by atomic mass is 10.1. The largest absolute Gasteiger partial charge is 0.491 e. The molecule has 0 aliphatic rings. The minimum atomic E-state index is -0.105. The Bertz CT molecular complexity index is 654. The van der Waals surface area contributed by atoms with Gasteiger partial charge in [-0.2, -0.15) is 0 Å². The molecule has 1 aromatic heterocycles. The van der Waals surface area contributed by atoms with Crippen LogP contribution in [0.1, 0.15) is 38.1 Å². The number of nitrogens with zero attached hydrogens (tertiary/aromatic N) is 1. The first-order valence-electron chi connectivity index (χ1n) is 7.70. The first-order chi connectivity index (χ1) is 10.9. The van der Waals surface area contributed by atoms with E-state index >= 15 is 0 Å². The number of amides is 1. The lowest BCUT2D eigenvalue weighted by molar-refractivity contribution is -0.121. The van der Waals surface area contributed by atoms with E-state index in [1.807, 2.05) is 45.0 Å². The SMILES string of the molecule is CC(C)Oc1cccc(C(C)NC(=O)Cc2ccc(N)cn2)c1. The Morgan fingerprint density at radius 3 is 2.70 bits per heavy atom. The van der Waals surface area contributed by atoms with Crippen molar-refractivity contribution in [1.82, 2.24) is 10.3 Å². The summed E-state index contributed by atoms with van der Waals surface area (Å²) >= 11 is 0. The molecule has 5 heteroatoms. The van der Waals surface area contributed by atoms with Crippen molar-refractivity contribution in [2.24, 2.45) is 0 Å². The van der Waals surface area contributed by atoms with E-state index in [2.05, 4.69) is 10.3 Å². The van der Waals surface area contributed by atoms with Gasteiger partial charge in [0.25, 0.3) is 0 Å². The van der Waals surface area contributed by atoms with Gasteiger partial charge < -0.3 is 15.8 Å². The third-order valence-electron chi connectivity index (χ3n) is 3.30. The number of carbonyl (C=O) groups excluding carboxylic acids is 1. The summed E-state index contributed by atoms with van der Waals surface area (Å²) in [6, 6.07) is 11.2. The van der Waals surface area contributed by atoms with Crippen LogP contribution in [0.5, 0.6) is 5.75 Å². The van der Waals surface area contributed by atoms with Crippen LogP contribution in [-0.2, 0) is 11.2 Å². The van der Waals surface area contributed by atoms with Gasteiger partial charge in [0.2, 0.25) is 5.91 Å². The molecule has 5 nitrogen and oxygen atoms in total. The molecule has 0 radical (unpaired) electrons. The fraction of sp³-hybridized carbons (Fsp3) is 0.333. The van der Waals surface area contributed by atoms with Gasteiger partial charge in [-0.3, -0.25) is 9.78 Å². The van der Waals surface area contributed by atoms with Crippen LogP contribution in [0.15, 0.2) is 42.6 Å². The first-order valence-corrected chi connectivity index (χ1v) is 7.70. The third kappa shape index (κ3) is 5.29. The maximum absolute atomic E-state index is 12.1. The van der Waals surface area contributed by atoms with Crippen molar-refractivity contribution in [1.29, 1.82) is 0 Å². The van der Waals surface area contributed by atoms with Crippen molar-refractivity contribution in [3.8, 4) is 5.75 Å². The Hall–Kier alpha value is -2.56. The number of carbonyl (C=O) groups is 1. The number of aromatic nitrogens is 1. The second kappa shape index (κ2) is 7.63. The number of nitrogens with two attached hydrogens (primary N) is 1. The fourth-order valence-electron chi connectivity index (χ4n) is 2.21. The zero-order valence-corrected chi connectivity index (χ0v) is 13.7. The molecule has 2 aromatic rings. The van der Waals surface area contributed by atoms with E-state index in [0.717, 1.165) is 11.3 Å². The van der Waals surface area contributed by atoms with Gasteiger partial charge in [0.05, 0.1) is 30.5 Å². The molecule has 1 atom stereocenters. The zero-order chi connectivity index (χ0) is 16.8. The van der Waals surface area contributed by atoms with Gasteiger partial charge in [-0.05, 0) is 50.6 Å². The van der Waals surface area contributed by atoms with Gasteiger partial charge in [0.1, 0.15) is 5.75 Å². The van der Waals surface area contributed by atoms with Crippen molar-refractivity contribution < 1.29 is 9.53 Å². The van der Waals surface area contributed by atoms with Crippen molar-refractivity contribution in [3.63, 3.8) is 0 Å². The predicted octanol–water partition coefficient (Wildman–Crippen LogP) is 2.87. The molecule has 0 spiro atoms. The first kappa shape index (κ1) is 16.8. The maximum Gasteiger partial charge on any atom is 0.226 e. The highest BCUT2D eigenvalue weighted by Gasteiger charge is 2.11. The molecule has 0 fully saturated rings. The highest BCUT2D eigenvalue weighted by molar-refractivity contribution is 5.78. The number of anilines is 1. The molecule has 2 rings (SSSR count). The number of hydrogen-bond acceptors (Lipinski definition) is 4. The molecule has 122 valence electrons. The zero-order valence-electron chi connectivity index (χ0n) is 13.7. The molecule has 0 saturated heterocycles. The Kier molecular flexibility index (Phi) is 5.57. The number of pyridine rings is 1. The molecule has 0 bridgehead atoms. The average molecular weight is 313 g/mol. The van der Waals surface area contributed by atoms with E-state index in [4.69, 9.17) is 10.5 Å². The molecule has 23 heavy (non-hydrogen) atoms. The van der Waals surface area contributed by atoms with Crippen molar-refractivity contribution in [2.75, 3.05) is 5.73 Å². The number of nitrogen functional groups attached to an aromatic ring is 1. The summed E-state index contributed by atoms with van der Waals surface area (Å²) in [4.78, 5) is 16.3. The molecule has 0 saturated carbocycles. The van der Waals surface area contributed by atoms with Crippen LogP contribution in [-0.4, -0.2) is 17.0 Å². The summed E-state index contributed by atoms with van der Waals surface area (Å²) in [5, 5.41) is 2.97. The minimum Gasteiger partial charge on any atom is -0.491 e. The van der Waals surface area contributed by atoms with Crippen LogP contribution in [0, 0.1) is 0 Å². The van der Waals surface area contributed by atoms with E-state index in [1.165, 1.54) is 0 Å². The molecule has 1 unspecified atom stereocenters. The van der Waals surface area contributed by atoms with Crippen molar-refractivity contribution >= 4 is 11.6 Å². The maximum atomic E-state index is 12.1. The summed E-state index contributed by atoms with van der Waals surface area (Å²) in [5.41, 5.74) is 7.87. The van der Waals surface area contributed by atoms with Crippen molar-refractivity contribution in [2.45, 2.75) is 39.3 Å². The summed E-state index contributed by atoms with van der Waals surface area (Å²) in [6.07, 6.45) is 1.90. The smallest absolute Gasteiger partial charge is 0.226 e. The topological polar surface area (TPSA) is 77.2 Å². The van der Waals surface area contributed by atoms with Crippen LogP contribution < -0.4 is 15.8 Å². The van der Waals surface area contributed by atoms with E-state index in [9.17, 15) is 4.79 Å². The van der Waals surface area contributed by atoms with Gasteiger partial charge in [-0.1, -0.05) is 12.1 Å². The van der Waals surface area contributed by atoms with Crippen LogP contribution in [0.2, 0.25) is 0 Å². The van der Waals surface area contributed by atoms with E-state index in [-0.39, 0.29) is 24.5 Å². The second-order valence-corrected chi connectivity index (χ2v) is 5.79. The number of hydrogen-bond donors (Lipinski definition) is 2. The molecule has 0 aliphatic heterocycles. The number of ether oxygens (including phenoxy) is 1. The van der Waals surface area contributed by atoms with E-state index in [1.54, 1.807) is 18.3 Å². The summed E-state index contributed by atoms with van der Waals surface area (Å²) in [7, 11) is 0. The molecular weight excluding hydrogens is 290 g/mol. The average Bonchev–Trinajstić information content (AvgIpc) is 2.49. The highest BCUT2D eigenvalue weighted by Crippen LogP contribution is 2.20. The Morgan fingerprint density at radius 1 is 1.26 bits per heavy atom. The van der Waals surface area contributed by atoms with Gasteiger partial charge in [-0.15, -0.1) is 0 Å². The van der Waals surface area contributed by atoms with Crippen LogP contribution in [0.4, 0.5) is 5.69 Å². The number of benzene rings is 1. The highest BCUT2D eigenvalue weighted by atomic mass is 16.5. The monoisotopic (exact) mass is 313 g/mol. The number of nitrogens with one attached hydrogen (secondary N) is 1. The van der Waals surface area contributed by atoms with Crippen LogP contribution in [0.25, 0.3) is 0 Å². The molecule has 1 aromatic carbocycles. The number of rotatable bonds is 6. The molecule has 3 N–H and O–H groups in total. The minimum absolute atomic E-state index is 0.0787. The van der Waals surface area contributed by atoms with Gasteiger partial charge in [-0.25, -0.2) is 0 Å². The third-order valence-corrected chi connectivity index (χ3v) is 3.30. The van der Waals surface area contributed by atoms with Gasteiger partial charge in [0, 0.05) is 5.69 Å². The van der Waals surface area contributed by atoms with Crippen molar-refractivity contribution in [3.05, 3.63) is 53.9 Å². The Morgan fingerprint density at radius 2 is 2.04 bits per heavy atom. The van der Waals surface area contributed by atoms with E-state index in [0.29, 0.717) is 11.4 Å². The quantitative estimate of drug-likeness (QED) is 0.859. The normalized spacial score (nSPS) is 12.0. The standard InChI is InChI=1S/C18H23N3O2/c1-12(2)23-17-6-4-5-14(9-17)13(3)21-18(22)10-16-8-7-15(19)11-20-16/h4-9,11-13H,10,19H2,1-3H3,(H,21,22). The van der Waals surface area contributed by atoms with Gasteiger partial charge in [0.15, 0.2) is 0 Å². The fourth-order valence-corrected chi connectivity index (χ4v) is 2.21. The molecule has 1 amide bonds. The lowest BCUT2D eigenvalue weighted by Crippen LogP contribution is -2.28. The Labute approximate surface area is 136 Å². The molecule has 0 aliphatic carbocycles. The Balaban J connectivity index is 1.96. The summed E-state index contributed by atoms with van der Waals surface area (Å²) in [5.74, 6) is 0.726. The van der Waals surface area contributed by atoms with Gasteiger partial charge >= 0.3 is 0 Å². The molecular formula is C18H23N3O2. The second-order valence-electron chi connectivity index (χ2n) is 5.79. The summed E-state index contributed by atoms with van der Waals surface area (Å²) < 4.78 is 5.68. The van der Waals surface area contributed by atoms with Crippen LogP contribution in [0.3, 0.4) is 0 Å². The molecule has 1 heterocycles. The van der Waals surface area contributed by atoms with E-state index < -0.39 is 0 Å². The lowest BCUT2D eigenvalue weighted by Gasteiger charge is -2.16. The predicted molar refractivity (Wildman–Crippen MR) is 91.1 cm³/mol. The summed E-state index contributed by atoms with van der Waals surface area (Å²) in [6.45, 7) is 5.91. The van der Waals surface area contributed by atoms with Crippen LogP contribution >= 0.6 is 0 Å².